The van der Waals surface area contributed by atoms with E-state index in [1.54, 1.807) is 7.05 Å². The van der Waals surface area contributed by atoms with Crippen LogP contribution in [0.3, 0.4) is 0 Å². The van der Waals surface area contributed by atoms with Crippen molar-refractivity contribution in [1.29, 1.82) is 0 Å². The van der Waals surface area contributed by atoms with E-state index in [0.717, 1.165) is 40.4 Å². The molecule has 0 unspecified atom stereocenters. The number of anilines is 2. The lowest BCUT2D eigenvalue weighted by molar-refractivity contribution is 0.457. The maximum absolute atomic E-state index is 13.9. The SMILES string of the molecule is Cc1ccc(C)c(Cn2c(=O)c3c(nc4n3C[C@H](C)CN4c3ccc(Oc4ccccc4)cc3)n(C)c2=O)c1. The van der Waals surface area contributed by atoms with E-state index in [4.69, 9.17) is 9.72 Å². The average Bonchev–Trinajstić information content (AvgIpc) is 3.32. The zero-order valence-corrected chi connectivity index (χ0v) is 22.6. The lowest BCUT2D eigenvalue weighted by atomic mass is 10.1. The van der Waals surface area contributed by atoms with Gasteiger partial charge in [-0.15, -0.1) is 0 Å². The van der Waals surface area contributed by atoms with Crippen molar-refractivity contribution in [3.63, 3.8) is 0 Å². The quantitative estimate of drug-likeness (QED) is 0.320. The van der Waals surface area contributed by atoms with Crippen LogP contribution in [0, 0.1) is 19.8 Å². The Kier molecular flexibility index (Phi) is 6.10. The van der Waals surface area contributed by atoms with Crippen molar-refractivity contribution in [3.8, 4) is 11.5 Å². The summed E-state index contributed by atoms with van der Waals surface area (Å²) in [4.78, 5) is 34.2. The summed E-state index contributed by atoms with van der Waals surface area (Å²) in [5, 5.41) is 0. The fraction of sp³-hybridized carbons (Fsp3) is 0.258. The van der Waals surface area contributed by atoms with E-state index in [1.165, 1.54) is 9.13 Å². The molecule has 0 fully saturated rings. The zero-order chi connectivity index (χ0) is 27.3. The summed E-state index contributed by atoms with van der Waals surface area (Å²) in [5.74, 6) is 2.44. The van der Waals surface area contributed by atoms with Gasteiger partial charge >= 0.3 is 5.69 Å². The largest absolute Gasteiger partial charge is 0.457 e. The van der Waals surface area contributed by atoms with Crippen molar-refractivity contribution in [2.24, 2.45) is 13.0 Å². The van der Waals surface area contributed by atoms with Gasteiger partial charge in [0.25, 0.3) is 5.56 Å². The molecule has 0 spiro atoms. The van der Waals surface area contributed by atoms with E-state index in [1.807, 2.05) is 91.2 Å². The molecule has 6 rings (SSSR count). The molecule has 2 aromatic heterocycles. The fourth-order valence-corrected chi connectivity index (χ4v) is 5.32. The molecule has 0 N–H and O–H groups in total. The molecule has 39 heavy (non-hydrogen) atoms. The van der Waals surface area contributed by atoms with Gasteiger partial charge in [-0.1, -0.05) is 48.9 Å². The van der Waals surface area contributed by atoms with Crippen LogP contribution < -0.4 is 20.9 Å². The second-order valence-corrected chi connectivity index (χ2v) is 10.5. The van der Waals surface area contributed by atoms with Crippen molar-refractivity contribution >= 4 is 22.8 Å². The Hall–Kier alpha value is -4.59. The lowest BCUT2D eigenvalue weighted by Crippen LogP contribution is -2.40. The van der Waals surface area contributed by atoms with Gasteiger partial charge in [0.1, 0.15) is 11.5 Å². The Morgan fingerprint density at radius 3 is 2.38 bits per heavy atom. The molecule has 5 aromatic rings. The average molecular weight is 522 g/mol. The Labute approximate surface area is 226 Å². The molecule has 8 nitrogen and oxygen atoms in total. The normalized spacial score (nSPS) is 15.0. The van der Waals surface area contributed by atoms with Gasteiger partial charge in [0, 0.05) is 25.8 Å². The highest BCUT2D eigenvalue weighted by molar-refractivity contribution is 5.77. The Morgan fingerprint density at radius 2 is 1.64 bits per heavy atom. The van der Waals surface area contributed by atoms with Gasteiger partial charge in [0.2, 0.25) is 5.95 Å². The standard InChI is InChI=1S/C31H31N5O3/c1-20-10-11-22(3)23(16-20)19-36-29(37)27-28(33(4)31(36)38)32-30-34(17-21(2)18-35(27)30)24-12-14-26(15-13-24)39-25-8-6-5-7-9-25/h5-16,21H,17-19H2,1-4H3/t21-/m1/s1. The van der Waals surface area contributed by atoms with E-state index in [9.17, 15) is 9.59 Å². The molecule has 0 bridgehead atoms. The summed E-state index contributed by atoms with van der Waals surface area (Å²) in [6.07, 6.45) is 0. The summed E-state index contributed by atoms with van der Waals surface area (Å²) in [6.45, 7) is 7.78. The number of fused-ring (bicyclic) bond motifs is 3. The number of benzene rings is 3. The van der Waals surface area contributed by atoms with E-state index in [-0.39, 0.29) is 23.7 Å². The first-order valence-electron chi connectivity index (χ1n) is 13.2. The van der Waals surface area contributed by atoms with Crippen molar-refractivity contribution < 1.29 is 4.74 Å². The number of hydrogen-bond acceptors (Lipinski definition) is 5. The van der Waals surface area contributed by atoms with Crippen LogP contribution in [0.25, 0.3) is 11.2 Å². The van der Waals surface area contributed by atoms with E-state index in [2.05, 4.69) is 11.8 Å². The number of rotatable bonds is 5. The Bertz CT molecular complexity index is 1800. The molecule has 1 atom stereocenters. The third kappa shape index (κ3) is 4.41. The van der Waals surface area contributed by atoms with E-state index < -0.39 is 0 Å². The molecule has 1 aliphatic rings. The predicted octanol–water partition coefficient (Wildman–Crippen LogP) is 5.14. The molecule has 3 aromatic carbocycles. The monoisotopic (exact) mass is 521 g/mol. The number of hydrogen-bond donors (Lipinski definition) is 0. The van der Waals surface area contributed by atoms with Crippen LogP contribution in [0.15, 0.2) is 82.4 Å². The highest BCUT2D eigenvalue weighted by Crippen LogP contribution is 2.34. The molecule has 0 amide bonds. The first kappa shape index (κ1) is 24.7. The van der Waals surface area contributed by atoms with Crippen LogP contribution in [-0.4, -0.2) is 25.2 Å². The Balaban J connectivity index is 1.42. The number of nitrogens with zero attached hydrogens (tertiary/aromatic N) is 5. The van der Waals surface area contributed by atoms with Crippen LogP contribution in [-0.2, 0) is 20.1 Å². The van der Waals surface area contributed by atoms with E-state index >= 15 is 0 Å². The molecule has 0 saturated heterocycles. The van der Waals surface area contributed by atoms with Crippen molar-refractivity contribution in [1.82, 2.24) is 18.7 Å². The van der Waals surface area contributed by atoms with Crippen LogP contribution in [0.2, 0.25) is 0 Å². The molecule has 198 valence electrons. The van der Waals surface area contributed by atoms with Gasteiger partial charge in [-0.05, 0) is 67.3 Å². The van der Waals surface area contributed by atoms with Gasteiger partial charge in [-0.2, -0.15) is 4.98 Å². The minimum absolute atomic E-state index is 0.220. The minimum Gasteiger partial charge on any atom is -0.457 e. The second-order valence-electron chi connectivity index (χ2n) is 10.5. The smallest absolute Gasteiger partial charge is 0.332 e. The zero-order valence-electron chi connectivity index (χ0n) is 22.6. The molecular weight excluding hydrogens is 490 g/mol. The van der Waals surface area contributed by atoms with Crippen LogP contribution in [0.5, 0.6) is 11.5 Å². The second kappa shape index (κ2) is 9.62. The van der Waals surface area contributed by atoms with Crippen LogP contribution >= 0.6 is 0 Å². The number of imidazole rings is 1. The predicted molar refractivity (Wildman–Crippen MR) is 153 cm³/mol. The van der Waals surface area contributed by atoms with Gasteiger partial charge in [-0.3, -0.25) is 13.9 Å². The number of aromatic nitrogens is 4. The molecule has 0 aliphatic carbocycles. The molecule has 0 radical (unpaired) electrons. The van der Waals surface area contributed by atoms with Gasteiger partial charge in [0.15, 0.2) is 11.2 Å². The minimum atomic E-state index is -0.370. The summed E-state index contributed by atoms with van der Waals surface area (Å²) in [5.41, 5.74) is 4.22. The highest BCUT2D eigenvalue weighted by Gasteiger charge is 2.30. The van der Waals surface area contributed by atoms with Crippen molar-refractivity contribution in [2.45, 2.75) is 33.9 Å². The fourth-order valence-electron chi connectivity index (χ4n) is 5.32. The Morgan fingerprint density at radius 1 is 0.923 bits per heavy atom. The molecule has 8 heteroatoms. The third-order valence-corrected chi connectivity index (χ3v) is 7.40. The molecule has 3 heterocycles. The summed E-state index contributed by atoms with van der Waals surface area (Å²) in [6, 6.07) is 23.6. The first-order chi connectivity index (χ1) is 18.8. The number of para-hydroxylation sites is 1. The maximum Gasteiger partial charge on any atom is 0.332 e. The van der Waals surface area contributed by atoms with Crippen molar-refractivity contribution in [2.75, 3.05) is 11.4 Å². The molecule has 0 saturated carbocycles. The topological polar surface area (TPSA) is 74.3 Å². The van der Waals surface area contributed by atoms with Crippen LogP contribution in [0.1, 0.15) is 23.6 Å². The van der Waals surface area contributed by atoms with Crippen LogP contribution in [0.4, 0.5) is 11.6 Å². The first-order valence-corrected chi connectivity index (χ1v) is 13.2. The van der Waals surface area contributed by atoms with Gasteiger partial charge in [0.05, 0.1) is 6.54 Å². The van der Waals surface area contributed by atoms with Crippen molar-refractivity contribution in [3.05, 3.63) is 110 Å². The molecular formula is C31H31N5O3. The maximum atomic E-state index is 13.9. The third-order valence-electron chi connectivity index (χ3n) is 7.40. The summed E-state index contributed by atoms with van der Waals surface area (Å²) < 4.78 is 10.8. The lowest BCUT2D eigenvalue weighted by Gasteiger charge is -2.33. The highest BCUT2D eigenvalue weighted by atomic mass is 16.5. The van der Waals surface area contributed by atoms with E-state index in [0.29, 0.717) is 23.7 Å². The molecule has 1 aliphatic heterocycles. The van der Waals surface area contributed by atoms with Gasteiger partial charge < -0.3 is 14.2 Å². The number of ether oxygens (including phenoxy) is 1. The van der Waals surface area contributed by atoms with Gasteiger partial charge in [-0.25, -0.2) is 4.79 Å². The summed E-state index contributed by atoms with van der Waals surface area (Å²) >= 11 is 0. The summed E-state index contributed by atoms with van der Waals surface area (Å²) in [7, 11) is 1.69. The number of aryl methyl sites for hydroxylation is 3.